The van der Waals surface area contributed by atoms with E-state index in [0.29, 0.717) is 6.61 Å². The number of rotatable bonds is 6. The molecule has 4 heteroatoms. The van der Waals surface area contributed by atoms with Crippen molar-refractivity contribution in [2.75, 3.05) is 11.9 Å². The van der Waals surface area contributed by atoms with Crippen molar-refractivity contribution in [2.24, 2.45) is 0 Å². The molecule has 0 spiro atoms. The lowest BCUT2D eigenvalue weighted by Gasteiger charge is -2.08. The summed E-state index contributed by atoms with van der Waals surface area (Å²) in [5, 5.41) is 7.00. The van der Waals surface area contributed by atoms with Gasteiger partial charge in [0.1, 0.15) is 6.61 Å². The van der Waals surface area contributed by atoms with Crippen LogP contribution in [-0.2, 0) is 16.1 Å². The number of hydrogen-bond acceptors (Lipinski definition) is 3. The lowest BCUT2D eigenvalue weighted by atomic mass is 10.1. The highest BCUT2D eigenvalue weighted by Crippen LogP contribution is 2.24. The van der Waals surface area contributed by atoms with Gasteiger partial charge in [-0.05, 0) is 45.6 Å². The van der Waals surface area contributed by atoms with Crippen LogP contribution in [0.25, 0.3) is 11.1 Å². The Kier molecular flexibility index (Phi) is 5.19. The van der Waals surface area contributed by atoms with E-state index in [4.69, 9.17) is 4.74 Å². The number of ether oxygens (including phenoxy) is 1. The van der Waals surface area contributed by atoms with E-state index in [1.807, 2.05) is 60.0 Å². The van der Waals surface area contributed by atoms with E-state index in [-0.39, 0.29) is 12.5 Å². The summed E-state index contributed by atoms with van der Waals surface area (Å²) in [6.45, 7) is 0.473. The van der Waals surface area contributed by atoms with Crippen molar-refractivity contribution in [1.29, 1.82) is 0 Å². The van der Waals surface area contributed by atoms with Crippen LogP contribution in [0.5, 0.6) is 0 Å². The minimum atomic E-state index is -0.150. The summed E-state index contributed by atoms with van der Waals surface area (Å²) >= 11 is 1.66. The molecule has 0 aliphatic heterocycles. The molecule has 1 amide bonds. The second-order valence-electron chi connectivity index (χ2n) is 5.12. The van der Waals surface area contributed by atoms with Crippen LogP contribution in [0.1, 0.15) is 5.56 Å². The van der Waals surface area contributed by atoms with E-state index in [1.165, 1.54) is 0 Å². The molecule has 23 heavy (non-hydrogen) atoms. The van der Waals surface area contributed by atoms with Gasteiger partial charge in [-0.15, -0.1) is 0 Å². The minimum Gasteiger partial charge on any atom is -0.367 e. The average Bonchev–Trinajstić information content (AvgIpc) is 3.11. The first-order chi connectivity index (χ1) is 11.3. The van der Waals surface area contributed by atoms with Gasteiger partial charge < -0.3 is 10.1 Å². The highest BCUT2D eigenvalue weighted by Gasteiger charge is 2.05. The van der Waals surface area contributed by atoms with Crippen molar-refractivity contribution in [3.8, 4) is 11.1 Å². The molecule has 1 heterocycles. The predicted octanol–water partition coefficient (Wildman–Crippen LogP) is 4.57. The number of benzene rings is 2. The number of carbonyl (C=O) groups is 1. The maximum Gasteiger partial charge on any atom is 0.250 e. The Morgan fingerprint density at radius 2 is 1.87 bits per heavy atom. The third-order valence-electron chi connectivity index (χ3n) is 3.35. The van der Waals surface area contributed by atoms with Crippen LogP contribution in [0.2, 0.25) is 0 Å². The zero-order valence-corrected chi connectivity index (χ0v) is 13.4. The number of nitrogens with one attached hydrogen (secondary N) is 1. The number of thiophene rings is 1. The Morgan fingerprint density at radius 3 is 2.65 bits per heavy atom. The summed E-state index contributed by atoms with van der Waals surface area (Å²) in [7, 11) is 0. The number of carbonyl (C=O) groups excluding carboxylic acids is 1. The predicted molar refractivity (Wildman–Crippen MR) is 94.5 cm³/mol. The molecule has 0 aliphatic rings. The molecule has 116 valence electrons. The van der Waals surface area contributed by atoms with Crippen LogP contribution in [0.4, 0.5) is 5.69 Å². The molecule has 1 aromatic heterocycles. The van der Waals surface area contributed by atoms with Crippen molar-refractivity contribution < 1.29 is 9.53 Å². The first kappa shape index (κ1) is 15.5. The molecule has 0 aliphatic carbocycles. The summed E-state index contributed by atoms with van der Waals surface area (Å²) in [4.78, 5) is 12.0. The van der Waals surface area contributed by atoms with E-state index >= 15 is 0 Å². The molecule has 0 saturated heterocycles. The molecule has 0 saturated carbocycles. The Bertz CT molecular complexity index is 754. The van der Waals surface area contributed by atoms with Gasteiger partial charge in [0, 0.05) is 5.69 Å². The van der Waals surface area contributed by atoms with Gasteiger partial charge in [0.05, 0.1) is 6.61 Å². The highest BCUT2D eigenvalue weighted by atomic mass is 32.1. The van der Waals surface area contributed by atoms with Crippen molar-refractivity contribution in [3.63, 3.8) is 0 Å². The maximum absolute atomic E-state index is 12.0. The van der Waals surface area contributed by atoms with Gasteiger partial charge >= 0.3 is 0 Å². The van der Waals surface area contributed by atoms with Crippen molar-refractivity contribution in [1.82, 2.24) is 0 Å². The molecule has 2 aromatic carbocycles. The fourth-order valence-corrected chi connectivity index (χ4v) is 2.90. The van der Waals surface area contributed by atoms with E-state index in [0.717, 1.165) is 22.4 Å². The standard InChI is InChI=1S/C19H17NO2S/c21-19(13-22-12-15-5-2-1-3-6-15)20-18-8-4-7-16(11-18)17-9-10-23-14-17/h1-11,14H,12-13H2,(H,20,21). The van der Waals surface area contributed by atoms with Crippen molar-refractivity contribution in [2.45, 2.75) is 6.61 Å². The van der Waals surface area contributed by atoms with Crippen LogP contribution >= 0.6 is 11.3 Å². The molecule has 0 atom stereocenters. The Morgan fingerprint density at radius 1 is 1.00 bits per heavy atom. The fourth-order valence-electron chi connectivity index (χ4n) is 2.24. The molecule has 3 rings (SSSR count). The Labute approximate surface area is 139 Å². The quantitative estimate of drug-likeness (QED) is 0.721. The van der Waals surface area contributed by atoms with Gasteiger partial charge in [0.15, 0.2) is 0 Å². The van der Waals surface area contributed by atoms with E-state index < -0.39 is 0 Å². The lowest BCUT2D eigenvalue weighted by molar-refractivity contribution is -0.121. The first-order valence-corrected chi connectivity index (χ1v) is 8.30. The maximum atomic E-state index is 12.0. The SMILES string of the molecule is O=C(COCc1ccccc1)Nc1cccc(-c2ccsc2)c1. The van der Waals surface area contributed by atoms with E-state index in [9.17, 15) is 4.79 Å². The topological polar surface area (TPSA) is 38.3 Å². The van der Waals surface area contributed by atoms with Crippen LogP contribution in [0.15, 0.2) is 71.4 Å². The summed E-state index contributed by atoms with van der Waals surface area (Å²) in [6, 6.07) is 19.7. The zero-order valence-electron chi connectivity index (χ0n) is 12.6. The molecule has 0 bridgehead atoms. The Balaban J connectivity index is 1.53. The lowest BCUT2D eigenvalue weighted by Crippen LogP contribution is -2.18. The molecule has 0 unspecified atom stereocenters. The van der Waals surface area contributed by atoms with Gasteiger partial charge in [-0.1, -0.05) is 42.5 Å². The van der Waals surface area contributed by atoms with Crippen molar-refractivity contribution >= 4 is 22.9 Å². The van der Waals surface area contributed by atoms with Gasteiger partial charge in [-0.25, -0.2) is 0 Å². The van der Waals surface area contributed by atoms with Crippen LogP contribution in [0.3, 0.4) is 0 Å². The molecule has 3 nitrogen and oxygen atoms in total. The van der Waals surface area contributed by atoms with Crippen LogP contribution in [0, 0.1) is 0 Å². The number of anilines is 1. The summed E-state index contributed by atoms with van der Waals surface area (Å²) in [5.74, 6) is -0.150. The largest absolute Gasteiger partial charge is 0.367 e. The van der Waals surface area contributed by atoms with Crippen LogP contribution < -0.4 is 5.32 Å². The number of hydrogen-bond donors (Lipinski definition) is 1. The summed E-state index contributed by atoms with van der Waals surface area (Å²) in [5.41, 5.74) is 4.09. The third-order valence-corrected chi connectivity index (χ3v) is 4.03. The zero-order chi connectivity index (χ0) is 15.9. The van der Waals surface area contributed by atoms with Crippen LogP contribution in [-0.4, -0.2) is 12.5 Å². The Hall–Kier alpha value is -2.43. The molecule has 0 radical (unpaired) electrons. The van der Waals surface area contributed by atoms with Gasteiger partial charge in [-0.2, -0.15) is 11.3 Å². The molecule has 1 N–H and O–H groups in total. The van der Waals surface area contributed by atoms with Gasteiger partial charge in [0.25, 0.3) is 0 Å². The second kappa shape index (κ2) is 7.72. The average molecular weight is 323 g/mol. The summed E-state index contributed by atoms with van der Waals surface area (Å²) < 4.78 is 5.45. The number of amides is 1. The first-order valence-electron chi connectivity index (χ1n) is 7.35. The van der Waals surface area contributed by atoms with E-state index in [1.54, 1.807) is 11.3 Å². The van der Waals surface area contributed by atoms with Gasteiger partial charge in [0.2, 0.25) is 5.91 Å². The van der Waals surface area contributed by atoms with Crippen molar-refractivity contribution in [3.05, 3.63) is 77.0 Å². The fraction of sp³-hybridized carbons (Fsp3) is 0.105. The van der Waals surface area contributed by atoms with E-state index in [2.05, 4.69) is 16.8 Å². The molecule has 0 fully saturated rings. The van der Waals surface area contributed by atoms with Gasteiger partial charge in [-0.3, -0.25) is 4.79 Å². The second-order valence-corrected chi connectivity index (χ2v) is 5.90. The summed E-state index contributed by atoms with van der Waals surface area (Å²) in [6.07, 6.45) is 0. The smallest absolute Gasteiger partial charge is 0.250 e. The minimum absolute atomic E-state index is 0.0393. The molecular weight excluding hydrogens is 306 g/mol. The monoisotopic (exact) mass is 323 g/mol. The third kappa shape index (κ3) is 4.52. The highest BCUT2D eigenvalue weighted by molar-refractivity contribution is 7.08. The molecule has 3 aromatic rings. The normalized spacial score (nSPS) is 10.4. The molecular formula is C19H17NO2S.